The molecule has 0 amide bonds. The van der Waals surface area contributed by atoms with E-state index in [-0.39, 0.29) is 0 Å². The van der Waals surface area contributed by atoms with E-state index < -0.39 is 0 Å². The summed E-state index contributed by atoms with van der Waals surface area (Å²) in [7, 11) is 0. The van der Waals surface area contributed by atoms with Gasteiger partial charge in [0.1, 0.15) is 0 Å². The van der Waals surface area contributed by atoms with Crippen LogP contribution in [0.2, 0.25) is 0 Å². The molecule has 0 aliphatic carbocycles. The Balaban J connectivity index is 2.07. The number of aryl methyl sites for hydroxylation is 1. The van der Waals surface area contributed by atoms with Crippen LogP contribution in [-0.4, -0.2) is 10.1 Å². The fourth-order valence-electron chi connectivity index (χ4n) is 1.97. The zero-order chi connectivity index (χ0) is 14.1. The molecule has 100 valence electrons. The van der Waals surface area contributed by atoms with Crippen LogP contribution in [0.15, 0.2) is 51.5 Å². The third kappa shape index (κ3) is 2.32. The van der Waals surface area contributed by atoms with E-state index in [1.807, 2.05) is 49.4 Å². The summed E-state index contributed by atoms with van der Waals surface area (Å²) < 4.78 is 6.33. The van der Waals surface area contributed by atoms with E-state index in [1.54, 1.807) is 0 Å². The minimum absolute atomic E-state index is 0.488. The van der Waals surface area contributed by atoms with E-state index in [4.69, 9.17) is 10.3 Å². The second kappa shape index (κ2) is 5.09. The first-order valence-corrected chi connectivity index (χ1v) is 6.89. The highest BCUT2D eigenvalue weighted by molar-refractivity contribution is 9.10. The lowest BCUT2D eigenvalue weighted by molar-refractivity contribution is 0.432. The summed E-state index contributed by atoms with van der Waals surface area (Å²) in [5.74, 6) is 0.986. The molecule has 0 atom stereocenters. The van der Waals surface area contributed by atoms with Gasteiger partial charge in [-0.3, -0.25) is 0 Å². The van der Waals surface area contributed by atoms with Crippen molar-refractivity contribution >= 4 is 21.6 Å². The van der Waals surface area contributed by atoms with Gasteiger partial charge in [-0.05, 0) is 36.8 Å². The van der Waals surface area contributed by atoms with Crippen molar-refractivity contribution in [3.63, 3.8) is 0 Å². The summed E-state index contributed by atoms with van der Waals surface area (Å²) >= 11 is 3.45. The molecule has 0 radical (unpaired) electrons. The molecule has 0 saturated carbocycles. The van der Waals surface area contributed by atoms with E-state index in [2.05, 4.69) is 26.1 Å². The van der Waals surface area contributed by atoms with Gasteiger partial charge in [-0.1, -0.05) is 39.3 Å². The summed E-state index contributed by atoms with van der Waals surface area (Å²) in [5, 5.41) is 4.01. The topological polar surface area (TPSA) is 64.9 Å². The minimum atomic E-state index is 0.488. The average molecular weight is 330 g/mol. The van der Waals surface area contributed by atoms with Crippen LogP contribution < -0.4 is 5.73 Å². The van der Waals surface area contributed by atoms with E-state index in [0.29, 0.717) is 17.4 Å². The van der Waals surface area contributed by atoms with Crippen molar-refractivity contribution in [2.45, 2.75) is 6.92 Å². The smallest absolute Gasteiger partial charge is 0.258 e. The molecule has 20 heavy (non-hydrogen) atoms. The van der Waals surface area contributed by atoms with Crippen LogP contribution >= 0.6 is 15.9 Å². The van der Waals surface area contributed by atoms with Gasteiger partial charge in [0.25, 0.3) is 5.89 Å². The first-order chi connectivity index (χ1) is 9.65. The lowest BCUT2D eigenvalue weighted by atomic mass is 10.1. The summed E-state index contributed by atoms with van der Waals surface area (Å²) in [6.07, 6.45) is 0. The molecule has 2 aromatic carbocycles. The van der Waals surface area contributed by atoms with Crippen molar-refractivity contribution in [1.82, 2.24) is 10.1 Å². The van der Waals surface area contributed by atoms with Gasteiger partial charge in [0.2, 0.25) is 5.82 Å². The number of aromatic nitrogens is 2. The molecule has 4 nitrogen and oxygen atoms in total. The number of nitrogen functional groups attached to an aromatic ring is 1. The van der Waals surface area contributed by atoms with Crippen molar-refractivity contribution < 1.29 is 4.52 Å². The minimum Gasteiger partial charge on any atom is -0.398 e. The molecule has 0 unspecified atom stereocenters. The molecule has 3 aromatic rings. The molecule has 5 heteroatoms. The average Bonchev–Trinajstić information content (AvgIpc) is 2.91. The van der Waals surface area contributed by atoms with Gasteiger partial charge in [0.05, 0.1) is 0 Å². The van der Waals surface area contributed by atoms with Gasteiger partial charge in [-0.15, -0.1) is 0 Å². The lowest BCUT2D eigenvalue weighted by Crippen LogP contribution is -1.90. The van der Waals surface area contributed by atoms with Crippen molar-refractivity contribution in [1.29, 1.82) is 0 Å². The maximum Gasteiger partial charge on any atom is 0.258 e. The number of halogens is 1. The summed E-state index contributed by atoms with van der Waals surface area (Å²) in [5.41, 5.74) is 9.31. The quantitative estimate of drug-likeness (QED) is 0.720. The van der Waals surface area contributed by atoms with Crippen LogP contribution in [-0.2, 0) is 0 Å². The Morgan fingerprint density at radius 1 is 1.10 bits per heavy atom. The third-order valence-corrected chi connectivity index (χ3v) is 3.55. The molecule has 1 heterocycles. The zero-order valence-electron chi connectivity index (χ0n) is 10.8. The van der Waals surface area contributed by atoms with E-state index in [1.165, 1.54) is 0 Å². The van der Waals surface area contributed by atoms with Gasteiger partial charge >= 0.3 is 0 Å². The lowest BCUT2D eigenvalue weighted by Gasteiger charge is -2.01. The Kier molecular flexibility index (Phi) is 3.28. The Labute approximate surface area is 124 Å². The number of benzene rings is 2. The molecule has 0 aliphatic rings. The largest absolute Gasteiger partial charge is 0.398 e. The first-order valence-electron chi connectivity index (χ1n) is 6.10. The van der Waals surface area contributed by atoms with E-state index >= 15 is 0 Å². The maximum absolute atomic E-state index is 5.93. The highest BCUT2D eigenvalue weighted by Crippen LogP contribution is 2.29. The van der Waals surface area contributed by atoms with Crippen molar-refractivity contribution in [3.05, 3.63) is 52.5 Å². The zero-order valence-corrected chi connectivity index (χ0v) is 12.4. The van der Waals surface area contributed by atoms with Gasteiger partial charge in [-0.2, -0.15) is 4.98 Å². The molecule has 0 fully saturated rings. The van der Waals surface area contributed by atoms with Crippen LogP contribution in [0, 0.1) is 6.92 Å². The SMILES string of the molecule is Cc1ccc(Br)cc1-c1nc(-c2ccccc2N)no1. The molecule has 3 rings (SSSR count). The number of hydrogen-bond donors (Lipinski definition) is 1. The van der Waals surface area contributed by atoms with Gasteiger partial charge in [0, 0.05) is 21.3 Å². The van der Waals surface area contributed by atoms with Gasteiger partial charge in [-0.25, -0.2) is 0 Å². The fraction of sp³-hybridized carbons (Fsp3) is 0.0667. The molecular weight excluding hydrogens is 318 g/mol. The molecule has 0 spiro atoms. The summed E-state index contributed by atoms with van der Waals surface area (Å²) in [6, 6.07) is 13.4. The van der Waals surface area contributed by atoms with Crippen LogP contribution in [0.4, 0.5) is 5.69 Å². The highest BCUT2D eigenvalue weighted by atomic mass is 79.9. The predicted octanol–water partition coefficient (Wildman–Crippen LogP) is 4.06. The molecule has 0 bridgehead atoms. The Hall–Kier alpha value is -2.14. The molecule has 1 aromatic heterocycles. The van der Waals surface area contributed by atoms with Crippen LogP contribution in [0.1, 0.15) is 5.56 Å². The number of nitrogens with two attached hydrogens (primary N) is 1. The number of anilines is 1. The van der Waals surface area contributed by atoms with Crippen LogP contribution in [0.25, 0.3) is 22.8 Å². The van der Waals surface area contributed by atoms with E-state index in [0.717, 1.165) is 21.2 Å². The Morgan fingerprint density at radius 2 is 1.90 bits per heavy atom. The molecule has 0 saturated heterocycles. The second-order valence-corrected chi connectivity index (χ2v) is 5.39. The maximum atomic E-state index is 5.93. The molecule has 2 N–H and O–H groups in total. The summed E-state index contributed by atoms with van der Waals surface area (Å²) in [6.45, 7) is 2.00. The monoisotopic (exact) mass is 329 g/mol. The van der Waals surface area contributed by atoms with Gasteiger partial charge in [0.15, 0.2) is 0 Å². The standard InChI is InChI=1S/C15H12BrN3O/c1-9-6-7-10(16)8-12(9)15-18-14(19-20-15)11-4-2-3-5-13(11)17/h2-8H,17H2,1H3. The van der Waals surface area contributed by atoms with Crippen molar-refractivity contribution in [2.75, 3.05) is 5.73 Å². The summed E-state index contributed by atoms with van der Waals surface area (Å²) in [4.78, 5) is 4.43. The van der Waals surface area contributed by atoms with Gasteiger partial charge < -0.3 is 10.3 Å². The number of nitrogens with zero attached hydrogens (tertiary/aromatic N) is 2. The van der Waals surface area contributed by atoms with Crippen molar-refractivity contribution in [3.8, 4) is 22.8 Å². The first kappa shape index (κ1) is 12.9. The molecular formula is C15H12BrN3O. The van der Waals surface area contributed by atoms with E-state index in [9.17, 15) is 0 Å². The Bertz CT molecular complexity index is 767. The molecule has 0 aliphatic heterocycles. The van der Waals surface area contributed by atoms with Crippen molar-refractivity contribution in [2.24, 2.45) is 0 Å². The Morgan fingerprint density at radius 3 is 2.70 bits per heavy atom. The second-order valence-electron chi connectivity index (χ2n) is 4.47. The fourth-order valence-corrected chi connectivity index (χ4v) is 2.33. The number of rotatable bonds is 2. The predicted molar refractivity (Wildman–Crippen MR) is 82.0 cm³/mol. The highest BCUT2D eigenvalue weighted by Gasteiger charge is 2.14. The number of hydrogen-bond acceptors (Lipinski definition) is 4. The van der Waals surface area contributed by atoms with Crippen LogP contribution in [0.3, 0.4) is 0 Å². The van der Waals surface area contributed by atoms with Crippen LogP contribution in [0.5, 0.6) is 0 Å². The normalized spacial score (nSPS) is 10.7. The third-order valence-electron chi connectivity index (χ3n) is 3.06. The number of para-hydroxylation sites is 1.